The first kappa shape index (κ1) is 19.5. The predicted molar refractivity (Wildman–Crippen MR) is 116 cm³/mol. The Kier molecular flexibility index (Phi) is 4.61. The van der Waals surface area contributed by atoms with E-state index in [2.05, 4.69) is 4.98 Å². The maximum absolute atomic E-state index is 13.4. The number of hydrogen-bond donors (Lipinski definition) is 0. The maximum atomic E-state index is 13.4. The molecule has 3 aromatic rings. The number of hydrogen-bond acceptors (Lipinski definition) is 4. The van der Waals surface area contributed by atoms with Crippen molar-refractivity contribution in [1.82, 2.24) is 19.4 Å². The van der Waals surface area contributed by atoms with Gasteiger partial charge in [0.25, 0.3) is 11.5 Å². The lowest BCUT2D eigenvalue weighted by atomic mass is 9.85. The quantitative estimate of drug-likeness (QED) is 0.656. The molecule has 2 aliphatic rings. The number of carbonyl (C=O) groups is 2. The van der Waals surface area contributed by atoms with E-state index >= 15 is 0 Å². The highest BCUT2D eigenvalue weighted by molar-refractivity contribution is 6.06. The number of aromatic nitrogens is 2. The molecular formula is C24H24N4O3. The Morgan fingerprint density at radius 3 is 2.65 bits per heavy atom. The Balaban J connectivity index is 1.38. The van der Waals surface area contributed by atoms with Crippen molar-refractivity contribution in [2.75, 3.05) is 19.6 Å². The van der Waals surface area contributed by atoms with E-state index in [1.165, 1.54) is 6.07 Å². The van der Waals surface area contributed by atoms with Gasteiger partial charge in [-0.15, -0.1) is 0 Å². The van der Waals surface area contributed by atoms with Crippen molar-refractivity contribution < 1.29 is 9.59 Å². The van der Waals surface area contributed by atoms with Crippen LogP contribution in [0.15, 0.2) is 59.5 Å². The second-order valence-corrected chi connectivity index (χ2v) is 8.53. The van der Waals surface area contributed by atoms with E-state index in [4.69, 9.17) is 0 Å². The van der Waals surface area contributed by atoms with Crippen molar-refractivity contribution in [3.05, 3.63) is 76.3 Å². The summed E-state index contributed by atoms with van der Waals surface area (Å²) in [7, 11) is 1.71. The minimum absolute atomic E-state index is 0.0993. The average molecular weight is 416 g/mol. The molecule has 7 heteroatoms. The molecule has 2 aromatic heterocycles. The molecule has 1 unspecified atom stereocenters. The summed E-state index contributed by atoms with van der Waals surface area (Å²) in [4.78, 5) is 47.0. The van der Waals surface area contributed by atoms with Gasteiger partial charge in [-0.25, -0.2) is 0 Å². The first-order chi connectivity index (χ1) is 15.0. The van der Waals surface area contributed by atoms with Gasteiger partial charge in [0.05, 0.1) is 28.7 Å². The van der Waals surface area contributed by atoms with E-state index in [-0.39, 0.29) is 17.4 Å². The number of amides is 2. The molecule has 4 heterocycles. The summed E-state index contributed by atoms with van der Waals surface area (Å²) < 4.78 is 1.55. The molecule has 2 saturated heterocycles. The summed E-state index contributed by atoms with van der Waals surface area (Å²) in [5.41, 5.74) is 1.26. The van der Waals surface area contributed by atoms with Gasteiger partial charge < -0.3 is 14.4 Å². The van der Waals surface area contributed by atoms with Crippen molar-refractivity contribution in [3.63, 3.8) is 0 Å². The highest BCUT2D eigenvalue weighted by atomic mass is 16.2. The molecule has 0 radical (unpaired) electrons. The SMILES string of the molecule is Cn1c(=O)cc(C(=O)N2CCC3(CCN(Cc4ccccn4)C3=O)C2)c2ccccc21. The van der Waals surface area contributed by atoms with Crippen LogP contribution in [0.5, 0.6) is 0 Å². The zero-order valence-electron chi connectivity index (χ0n) is 17.5. The van der Waals surface area contributed by atoms with Crippen LogP contribution in [-0.2, 0) is 18.4 Å². The largest absolute Gasteiger partial charge is 0.338 e. The molecule has 1 aromatic carbocycles. The van der Waals surface area contributed by atoms with Gasteiger partial charge >= 0.3 is 0 Å². The molecule has 1 atom stereocenters. The molecular weight excluding hydrogens is 392 g/mol. The fourth-order valence-corrected chi connectivity index (χ4v) is 4.91. The first-order valence-electron chi connectivity index (χ1n) is 10.6. The zero-order valence-corrected chi connectivity index (χ0v) is 17.5. The number of para-hydroxylation sites is 1. The normalized spacial score (nSPS) is 20.9. The number of pyridine rings is 2. The Morgan fingerprint density at radius 1 is 1.06 bits per heavy atom. The van der Waals surface area contributed by atoms with Gasteiger partial charge in [-0.1, -0.05) is 24.3 Å². The Morgan fingerprint density at radius 2 is 1.84 bits per heavy atom. The number of carbonyl (C=O) groups excluding carboxylic acids is 2. The van der Waals surface area contributed by atoms with Gasteiger partial charge in [0.15, 0.2) is 0 Å². The number of rotatable bonds is 3. The Hall–Kier alpha value is -3.48. The average Bonchev–Trinajstić information content (AvgIpc) is 3.36. The fraction of sp³-hybridized carbons (Fsp3) is 0.333. The molecule has 0 saturated carbocycles. The molecule has 0 aliphatic carbocycles. The van der Waals surface area contributed by atoms with Gasteiger partial charge in [-0.05, 0) is 31.0 Å². The van der Waals surface area contributed by atoms with Gasteiger partial charge in [0.1, 0.15) is 0 Å². The number of likely N-dealkylation sites (tertiary alicyclic amines) is 2. The third kappa shape index (κ3) is 3.21. The number of benzene rings is 1. The lowest BCUT2D eigenvalue weighted by Crippen LogP contribution is -2.38. The molecule has 2 fully saturated rings. The molecule has 1 spiro atoms. The van der Waals surface area contributed by atoms with Crippen LogP contribution in [0.25, 0.3) is 10.9 Å². The van der Waals surface area contributed by atoms with Crippen LogP contribution in [-0.4, -0.2) is 50.8 Å². The van der Waals surface area contributed by atoms with Crippen molar-refractivity contribution >= 4 is 22.7 Å². The molecule has 0 bridgehead atoms. The molecule has 0 N–H and O–H groups in total. The molecule has 2 amide bonds. The number of aryl methyl sites for hydroxylation is 1. The fourth-order valence-electron chi connectivity index (χ4n) is 4.91. The van der Waals surface area contributed by atoms with E-state index in [9.17, 15) is 14.4 Å². The highest BCUT2D eigenvalue weighted by Crippen LogP contribution is 2.41. The van der Waals surface area contributed by atoms with E-state index in [1.807, 2.05) is 47.4 Å². The Bertz CT molecular complexity index is 1240. The zero-order chi connectivity index (χ0) is 21.6. The van der Waals surface area contributed by atoms with E-state index in [0.29, 0.717) is 38.2 Å². The highest BCUT2D eigenvalue weighted by Gasteiger charge is 2.51. The predicted octanol–water partition coefficient (Wildman–Crippen LogP) is 2.20. The van der Waals surface area contributed by atoms with Crippen LogP contribution < -0.4 is 5.56 Å². The standard InChI is InChI=1S/C24H24N4O3/c1-26-20-8-3-2-7-18(20)19(14-21(26)29)22(30)28-13-10-24(16-28)9-12-27(23(24)31)15-17-6-4-5-11-25-17/h2-8,11,14H,9-10,12-13,15-16H2,1H3. The summed E-state index contributed by atoms with van der Waals surface area (Å²) in [5, 5.41) is 0.755. The summed E-state index contributed by atoms with van der Waals surface area (Å²) >= 11 is 0. The van der Waals surface area contributed by atoms with Gasteiger partial charge in [-0.3, -0.25) is 19.4 Å². The van der Waals surface area contributed by atoms with E-state index in [1.54, 1.807) is 22.7 Å². The lowest BCUT2D eigenvalue weighted by Gasteiger charge is -2.24. The monoisotopic (exact) mass is 416 g/mol. The number of nitrogens with zero attached hydrogens (tertiary/aromatic N) is 4. The van der Waals surface area contributed by atoms with E-state index < -0.39 is 5.41 Å². The van der Waals surface area contributed by atoms with Crippen molar-refractivity contribution in [3.8, 4) is 0 Å². The third-order valence-corrected chi connectivity index (χ3v) is 6.71. The summed E-state index contributed by atoms with van der Waals surface area (Å²) in [6.45, 7) is 2.08. The summed E-state index contributed by atoms with van der Waals surface area (Å²) in [5.74, 6) is -0.0796. The molecule has 5 rings (SSSR count). The Labute approximate surface area is 179 Å². The van der Waals surface area contributed by atoms with Gasteiger partial charge in [0.2, 0.25) is 5.91 Å². The van der Waals surface area contributed by atoms with Gasteiger partial charge in [-0.2, -0.15) is 0 Å². The number of fused-ring (bicyclic) bond motifs is 1. The second-order valence-electron chi connectivity index (χ2n) is 8.53. The minimum Gasteiger partial charge on any atom is -0.338 e. The summed E-state index contributed by atoms with van der Waals surface area (Å²) in [6.07, 6.45) is 3.12. The molecule has 158 valence electrons. The van der Waals surface area contributed by atoms with Gasteiger partial charge in [0, 0.05) is 44.3 Å². The van der Waals surface area contributed by atoms with E-state index in [0.717, 1.165) is 23.0 Å². The molecule has 31 heavy (non-hydrogen) atoms. The van der Waals surface area contributed by atoms with Crippen LogP contribution in [0.2, 0.25) is 0 Å². The smallest absolute Gasteiger partial charge is 0.254 e. The van der Waals surface area contributed by atoms with Crippen molar-refractivity contribution in [1.29, 1.82) is 0 Å². The second kappa shape index (κ2) is 7.34. The topological polar surface area (TPSA) is 75.5 Å². The first-order valence-corrected chi connectivity index (χ1v) is 10.6. The van der Waals surface area contributed by atoms with Crippen LogP contribution in [0, 0.1) is 5.41 Å². The summed E-state index contributed by atoms with van der Waals surface area (Å²) in [6, 6.07) is 14.5. The van der Waals surface area contributed by atoms with Crippen LogP contribution in [0.4, 0.5) is 0 Å². The maximum Gasteiger partial charge on any atom is 0.254 e. The van der Waals surface area contributed by atoms with Crippen LogP contribution in [0.3, 0.4) is 0 Å². The lowest BCUT2D eigenvalue weighted by molar-refractivity contribution is -0.135. The third-order valence-electron chi connectivity index (χ3n) is 6.71. The van der Waals surface area contributed by atoms with Crippen molar-refractivity contribution in [2.45, 2.75) is 19.4 Å². The molecule has 7 nitrogen and oxygen atoms in total. The van der Waals surface area contributed by atoms with Crippen LogP contribution >= 0.6 is 0 Å². The minimum atomic E-state index is -0.528. The molecule has 2 aliphatic heterocycles. The van der Waals surface area contributed by atoms with Crippen LogP contribution in [0.1, 0.15) is 28.9 Å². The van der Waals surface area contributed by atoms with Crippen molar-refractivity contribution in [2.24, 2.45) is 12.5 Å².